The standard InChI is InChI=1S/C16H28N2/c1-5-11-17-16(10-12-18(3)4)13-15-9-7-6-8-14(15)2/h6-9,16-17H,5,10-13H2,1-4H3. The van der Waals surface area contributed by atoms with Crippen LogP contribution in [0.3, 0.4) is 0 Å². The van der Waals surface area contributed by atoms with Crippen molar-refractivity contribution in [1.82, 2.24) is 10.2 Å². The lowest BCUT2D eigenvalue weighted by Crippen LogP contribution is -2.34. The zero-order valence-corrected chi connectivity index (χ0v) is 12.4. The Morgan fingerprint density at radius 1 is 1.22 bits per heavy atom. The summed E-state index contributed by atoms with van der Waals surface area (Å²) in [6, 6.07) is 9.32. The molecule has 0 saturated heterocycles. The van der Waals surface area contributed by atoms with E-state index in [0.29, 0.717) is 6.04 Å². The summed E-state index contributed by atoms with van der Waals surface area (Å²) >= 11 is 0. The predicted octanol–water partition coefficient (Wildman–Crippen LogP) is 2.86. The Labute approximate surface area is 112 Å². The van der Waals surface area contributed by atoms with E-state index in [-0.39, 0.29) is 0 Å². The second kappa shape index (κ2) is 8.28. The van der Waals surface area contributed by atoms with Crippen LogP contribution in [0.25, 0.3) is 0 Å². The average Bonchev–Trinajstić information content (AvgIpc) is 2.35. The van der Waals surface area contributed by atoms with E-state index in [1.807, 2.05) is 0 Å². The molecule has 0 amide bonds. The van der Waals surface area contributed by atoms with Crippen LogP contribution in [0, 0.1) is 6.92 Å². The molecule has 0 heterocycles. The molecule has 1 unspecified atom stereocenters. The van der Waals surface area contributed by atoms with Crippen molar-refractivity contribution in [1.29, 1.82) is 0 Å². The van der Waals surface area contributed by atoms with Gasteiger partial charge in [0.15, 0.2) is 0 Å². The SMILES string of the molecule is CCCNC(CCN(C)C)Cc1ccccc1C. The molecule has 0 aliphatic rings. The van der Waals surface area contributed by atoms with E-state index >= 15 is 0 Å². The second-order valence-electron chi connectivity index (χ2n) is 5.37. The van der Waals surface area contributed by atoms with E-state index in [4.69, 9.17) is 0 Å². The number of nitrogens with zero attached hydrogens (tertiary/aromatic N) is 1. The van der Waals surface area contributed by atoms with E-state index < -0.39 is 0 Å². The van der Waals surface area contributed by atoms with Crippen LogP contribution in [-0.2, 0) is 6.42 Å². The lowest BCUT2D eigenvalue weighted by Gasteiger charge is -2.21. The van der Waals surface area contributed by atoms with E-state index in [1.165, 1.54) is 24.0 Å². The summed E-state index contributed by atoms with van der Waals surface area (Å²) in [5.41, 5.74) is 2.88. The van der Waals surface area contributed by atoms with Crippen molar-refractivity contribution in [2.45, 2.75) is 39.2 Å². The van der Waals surface area contributed by atoms with Gasteiger partial charge in [0, 0.05) is 6.04 Å². The predicted molar refractivity (Wildman–Crippen MR) is 80.1 cm³/mol. The first-order valence-electron chi connectivity index (χ1n) is 7.06. The Hall–Kier alpha value is -0.860. The molecule has 2 nitrogen and oxygen atoms in total. The summed E-state index contributed by atoms with van der Waals surface area (Å²) in [6.07, 6.45) is 3.55. The Morgan fingerprint density at radius 2 is 1.94 bits per heavy atom. The molecular formula is C16H28N2. The number of rotatable bonds is 8. The van der Waals surface area contributed by atoms with Crippen LogP contribution in [0.4, 0.5) is 0 Å². The van der Waals surface area contributed by atoms with Gasteiger partial charge < -0.3 is 10.2 Å². The highest BCUT2D eigenvalue weighted by atomic mass is 15.1. The summed E-state index contributed by atoms with van der Waals surface area (Å²) in [5.74, 6) is 0. The molecule has 0 spiro atoms. The van der Waals surface area contributed by atoms with E-state index in [9.17, 15) is 0 Å². The molecule has 2 heteroatoms. The lowest BCUT2D eigenvalue weighted by atomic mass is 9.99. The maximum absolute atomic E-state index is 3.67. The van der Waals surface area contributed by atoms with Crippen molar-refractivity contribution in [2.75, 3.05) is 27.2 Å². The average molecular weight is 248 g/mol. The largest absolute Gasteiger partial charge is 0.314 e. The van der Waals surface area contributed by atoms with Crippen molar-refractivity contribution in [3.63, 3.8) is 0 Å². The number of hydrogen-bond donors (Lipinski definition) is 1. The Kier molecular flexibility index (Phi) is 6.99. The van der Waals surface area contributed by atoms with Crippen LogP contribution in [-0.4, -0.2) is 38.1 Å². The number of benzene rings is 1. The fraction of sp³-hybridized carbons (Fsp3) is 0.625. The summed E-state index contributed by atoms with van der Waals surface area (Å²) in [4.78, 5) is 2.26. The van der Waals surface area contributed by atoms with Gasteiger partial charge in [0.1, 0.15) is 0 Å². The van der Waals surface area contributed by atoms with Gasteiger partial charge in [-0.05, 0) is 64.5 Å². The first-order valence-corrected chi connectivity index (χ1v) is 7.06. The lowest BCUT2D eigenvalue weighted by molar-refractivity contribution is 0.356. The third-order valence-corrected chi connectivity index (χ3v) is 3.34. The van der Waals surface area contributed by atoms with Crippen molar-refractivity contribution in [3.8, 4) is 0 Å². The maximum Gasteiger partial charge on any atom is 0.0120 e. The van der Waals surface area contributed by atoms with E-state index in [0.717, 1.165) is 19.5 Å². The Balaban J connectivity index is 2.56. The smallest absolute Gasteiger partial charge is 0.0120 e. The monoisotopic (exact) mass is 248 g/mol. The van der Waals surface area contributed by atoms with Crippen LogP contribution < -0.4 is 5.32 Å². The van der Waals surface area contributed by atoms with Crippen molar-refractivity contribution in [3.05, 3.63) is 35.4 Å². The molecule has 0 saturated carbocycles. The zero-order valence-electron chi connectivity index (χ0n) is 12.4. The van der Waals surface area contributed by atoms with Crippen molar-refractivity contribution in [2.24, 2.45) is 0 Å². The zero-order chi connectivity index (χ0) is 13.4. The molecule has 1 atom stereocenters. The van der Waals surface area contributed by atoms with Crippen LogP contribution in [0.5, 0.6) is 0 Å². The highest BCUT2D eigenvalue weighted by Crippen LogP contribution is 2.11. The van der Waals surface area contributed by atoms with Crippen LogP contribution >= 0.6 is 0 Å². The number of nitrogens with one attached hydrogen (secondary N) is 1. The second-order valence-corrected chi connectivity index (χ2v) is 5.37. The third-order valence-electron chi connectivity index (χ3n) is 3.34. The highest BCUT2D eigenvalue weighted by Gasteiger charge is 2.10. The van der Waals surface area contributed by atoms with Gasteiger partial charge in [0.05, 0.1) is 0 Å². The first kappa shape index (κ1) is 15.2. The Bertz CT molecular complexity index is 334. The number of aryl methyl sites for hydroxylation is 1. The molecule has 1 rings (SSSR count). The maximum atomic E-state index is 3.67. The molecule has 0 aliphatic heterocycles. The first-order chi connectivity index (χ1) is 8.63. The summed E-state index contributed by atoms with van der Waals surface area (Å²) in [6.45, 7) is 6.69. The molecule has 1 aromatic rings. The quantitative estimate of drug-likeness (QED) is 0.761. The van der Waals surface area contributed by atoms with E-state index in [1.54, 1.807) is 0 Å². The fourth-order valence-corrected chi connectivity index (χ4v) is 2.14. The van der Waals surface area contributed by atoms with Crippen molar-refractivity contribution < 1.29 is 0 Å². The molecule has 0 aliphatic carbocycles. The molecule has 0 radical (unpaired) electrons. The van der Waals surface area contributed by atoms with E-state index in [2.05, 4.69) is 62.4 Å². The van der Waals surface area contributed by atoms with Gasteiger partial charge in [0.2, 0.25) is 0 Å². The molecule has 18 heavy (non-hydrogen) atoms. The van der Waals surface area contributed by atoms with Crippen molar-refractivity contribution >= 4 is 0 Å². The van der Waals surface area contributed by atoms with Gasteiger partial charge in [-0.3, -0.25) is 0 Å². The normalized spacial score (nSPS) is 12.9. The molecule has 1 N–H and O–H groups in total. The molecule has 0 fully saturated rings. The highest BCUT2D eigenvalue weighted by molar-refractivity contribution is 5.26. The molecule has 102 valence electrons. The summed E-state index contributed by atoms with van der Waals surface area (Å²) in [7, 11) is 4.29. The van der Waals surface area contributed by atoms with Crippen LogP contribution in [0.2, 0.25) is 0 Å². The van der Waals surface area contributed by atoms with Crippen LogP contribution in [0.1, 0.15) is 30.9 Å². The number of hydrogen-bond acceptors (Lipinski definition) is 2. The molecule has 0 bridgehead atoms. The molecule has 1 aromatic carbocycles. The van der Waals surface area contributed by atoms with Gasteiger partial charge >= 0.3 is 0 Å². The van der Waals surface area contributed by atoms with Crippen LogP contribution in [0.15, 0.2) is 24.3 Å². The van der Waals surface area contributed by atoms with Gasteiger partial charge in [-0.25, -0.2) is 0 Å². The van der Waals surface area contributed by atoms with Gasteiger partial charge in [-0.1, -0.05) is 31.2 Å². The minimum atomic E-state index is 0.591. The Morgan fingerprint density at radius 3 is 2.56 bits per heavy atom. The summed E-state index contributed by atoms with van der Waals surface area (Å²) < 4.78 is 0. The third kappa shape index (κ3) is 5.65. The topological polar surface area (TPSA) is 15.3 Å². The molecule has 0 aromatic heterocycles. The van der Waals surface area contributed by atoms with Gasteiger partial charge in [0.25, 0.3) is 0 Å². The minimum Gasteiger partial charge on any atom is -0.314 e. The molecular weight excluding hydrogens is 220 g/mol. The fourth-order valence-electron chi connectivity index (χ4n) is 2.14. The minimum absolute atomic E-state index is 0.591. The van der Waals surface area contributed by atoms with Gasteiger partial charge in [-0.15, -0.1) is 0 Å². The van der Waals surface area contributed by atoms with Gasteiger partial charge in [-0.2, -0.15) is 0 Å². The summed E-state index contributed by atoms with van der Waals surface area (Å²) in [5, 5.41) is 3.67.